The summed E-state index contributed by atoms with van der Waals surface area (Å²) in [6, 6.07) is 9.18. The molecule has 0 spiro atoms. The predicted molar refractivity (Wildman–Crippen MR) is 80.5 cm³/mol. The van der Waals surface area contributed by atoms with Gasteiger partial charge in [-0.15, -0.1) is 0 Å². The molecule has 1 aliphatic carbocycles. The molecule has 0 aliphatic heterocycles. The normalized spacial score (nSPS) is 25.0. The maximum atomic E-state index is 13.5. The smallest absolute Gasteiger partial charge is 0.165 e. The lowest BCUT2D eigenvalue weighted by molar-refractivity contribution is 0.220. The third kappa shape index (κ3) is 3.74. The highest BCUT2D eigenvalue weighted by atomic mass is 19.1. The van der Waals surface area contributed by atoms with Crippen LogP contribution in [0.1, 0.15) is 39.5 Å². The van der Waals surface area contributed by atoms with E-state index < -0.39 is 5.54 Å². The number of rotatable bonds is 6. The summed E-state index contributed by atoms with van der Waals surface area (Å²) in [4.78, 5) is 0. The van der Waals surface area contributed by atoms with Crippen molar-refractivity contribution in [1.82, 2.24) is 5.32 Å². The number of halogens is 1. The number of hydrogen-bond acceptors (Lipinski definition) is 3. The maximum absolute atomic E-state index is 13.5. The van der Waals surface area contributed by atoms with Crippen LogP contribution in [0, 0.1) is 23.1 Å². The van der Waals surface area contributed by atoms with Crippen LogP contribution in [-0.4, -0.2) is 18.2 Å². The number of para-hydroxylation sites is 1. The van der Waals surface area contributed by atoms with Crippen LogP contribution in [-0.2, 0) is 0 Å². The van der Waals surface area contributed by atoms with Crippen LogP contribution in [0.15, 0.2) is 24.3 Å². The number of benzene rings is 1. The van der Waals surface area contributed by atoms with E-state index in [0.717, 1.165) is 25.7 Å². The van der Waals surface area contributed by atoms with E-state index in [0.29, 0.717) is 6.61 Å². The summed E-state index contributed by atoms with van der Waals surface area (Å²) in [7, 11) is 0. The molecule has 1 aromatic carbocycles. The van der Waals surface area contributed by atoms with Gasteiger partial charge < -0.3 is 4.74 Å². The second kappa shape index (κ2) is 6.91. The summed E-state index contributed by atoms with van der Waals surface area (Å²) in [6.07, 6.45) is 3.72. The highest BCUT2D eigenvalue weighted by Crippen LogP contribution is 2.38. The Labute approximate surface area is 126 Å². The molecule has 0 aromatic heterocycles. The standard InChI is InChI=1S/C17H23FN2O/c1-13(2)20-17(12-19)10-5-6-14(17)9-11-21-16-8-4-3-7-15(16)18/h3-4,7-8,13-14,20H,5-6,9-11H2,1-2H3. The molecule has 2 atom stereocenters. The first-order valence-electron chi connectivity index (χ1n) is 7.63. The van der Waals surface area contributed by atoms with Crippen molar-refractivity contribution in [3.8, 4) is 11.8 Å². The molecule has 1 aliphatic rings. The molecule has 0 saturated heterocycles. The van der Waals surface area contributed by atoms with Crippen molar-refractivity contribution in [2.45, 2.75) is 51.1 Å². The molecule has 114 valence electrons. The molecule has 3 nitrogen and oxygen atoms in total. The lowest BCUT2D eigenvalue weighted by Gasteiger charge is -2.32. The summed E-state index contributed by atoms with van der Waals surface area (Å²) in [5.41, 5.74) is -0.452. The van der Waals surface area contributed by atoms with E-state index in [9.17, 15) is 9.65 Å². The van der Waals surface area contributed by atoms with Crippen LogP contribution < -0.4 is 10.1 Å². The van der Waals surface area contributed by atoms with Crippen LogP contribution >= 0.6 is 0 Å². The molecule has 0 radical (unpaired) electrons. The van der Waals surface area contributed by atoms with Crippen LogP contribution in [0.3, 0.4) is 0 Å². The summed E-state index contributed by atoms with van der Waals surface area (Å²) >= 11 is 0. The third-order valence-corrected chi connectivity index (χ3v) is 4.13. The summed E-state index contributed by atoms with van der Waals surface area (Å²) < 4.78 is 19.0. The van der Waals surface area contributed by atoms with Crippen LogP contribution in [0.5, 0.6) is 5.75 Å². The van der Waals surface area contributed by atoms with Gasteiger partial charge in [-0.1, -0.05) is 18.6 Å². The molecule has 0 amide bonds. The molecule has 4 heteroatoms. The van der Waals surface area contributed by atoms with Gasteiger partial charge in [0.05, 0.1) is 12.7 Å². The Morgan fingerprint density at radius 2 is 2.24 bits per heavy atom. The minimum atomic E-state index is -0.452. The Morgan fingerprint density at radius 1 is 1.48 bits per heavy atom. The Kier molecular flexibility index (Phi) is 5.19. The zero-order valence-corrected chi connectivity index (χ0v) is 12.7. The van der Waals surface area contributed by atoms with Crippen LogP contribution in [0.4, 0.5) is 4.39 Å². The first kappa shape index (κ1) is 15.8. The number of nitriles is 1. The van der Waals surface area contributed by atoms with Gasteiger partial charge in [-0.05, 0) is 51.2 Å². The Bertz CT molecular complexity index is 512. The molecule has 2 unspecified atom stereocenters. The molecular formula is C17H23FN2O. The second-order valence-electron chi connectivity index (χ2n) is 6.04. The molecule has 0 bridgehead atoms. The van der Waals surface area contributed by atoms with Gasteiger partial charge in [-0.2, -0.15) is 5.26 Å². The van der Waals surface area contributed by atoms with E-state index in [1.54, 1.807) is 18.2 Å². The van der Waals surface area contributed by atoms with Gasteiger partial charge in [0.25, 0.3) is 0 Å². The van der Waals surface area contributed by atoms with Crippen molar-refractivity contribution in [2.24, 2.45) is 5.92 Å². The van der Waals surface area contributed by atoms with Crippen molar-refractivity contribution in [2.75, 3.05) is 6.61 Å². The zero-order valence-electron chi connectivity index (χ0n) is 12.7. The highest BCUT2D eigenvalue weighted by Gasteiger charge is 2.43. The van der Waals surface area contributed by atoms with Crippen LogP contribution in [0.25, 0.3) is 0 Å². The van der Waals surface area contributed by atoms with E-state index in [2.05, 4.69) is 25.2 Å². The van der Waals surface area contributed by atoms with E-state index in [4.69, 9.17) is 4.74 Å². The lowest BCUT2D eigenvalue weighted by Crippen LogP contribution is -2.50. The number of hydrogen-bond donors (Lipinski definition) is 1. The largest absolute Gasteiger partial charge is 0.491 e. The van der Waals surface area contributed by atoms with Gasteiger partial charge in [0.1, 0.15) is 5.54 Å². The average molecular weight is 290 g/mol. The van der Waals surface area contributed by atoms with Gasteiger partial charge in [-0.25, -0.2) is 4.39 Å². The molecule has 1 fully saturated rings. The molecular weight excluding hydrogens is 267 g/mol. The van der Waals surface area contributed by atoms with Gasteiger partial charge in [0.2, 0.25) is 0 Å². The molecule has 21 heavy (non-hydrogen) atoms. The molecule has 1 aromatic rings. The molecule has 0 heterocycles. The van der Waals surface area contributed by atoms with Gasteiger partial charge in [0, 0.05) is 6.04 Å². The number of nitrogens with one attached hydrogen (secondary N) is 1. The Balaban J connectivity index is 1.93. The van der Waals surface area contributed by atoms with E-state index in [1.165, 1.54) is 6.07 Å². The Hall–Kier alpha value is -1.60. The molecule has 1 N–H and O–H groups in total. The fourth-order valence-electron chi connectivity index (χ4n) is 3.23. The Morgan fingerprint density at radius 3 is 2.90 bits per heavy atom. The number of ether oxygens (including phenoxy) is 1. The minimum Gasteiger partial charge on any atom is -0.491 e. The minimum absolute atomic E-state index is 0.261. The summed E-state index contributed by atoms with van der Waals surface area (Å²) in [6.45, 7) is 4.56. The zero-order chi connectivity index (χ0) is 15.3. The van der Waals surface area contributed by atoms with E-state index >= 15 is 0 Å². The lowest BCUT2D eigenvalue weighted by atomic mass is 9.85. The maximum Gasteiger partial charge on any atom is 0.165 e. The summed E-state index contributed by atoms with van der Waals surface area (Å²) in [5.74, 6) is 0.210. The number of nitrogens with zero attached hydrogens (tertiary/aromatic N) is 1. The van der Waals surface area contributed by atoms with Crippen molar-refractivity contribution < 1.29 is 9.13 Å². The second-order valence-corrected chi connectivity index (χ2v) is 6.04. The molecule has 1 saturated carbocycles. The first-order valence-corrected chi connectivity index (χ1v) is 7.63. The van der Waals surface area contributed by atoms with Gasteiger partial charge in [-0.3, -0.25) is 5.32 Å². The first-order chi connectivity index (χ1) is 10.1. The fourth-order valence-corrected chi connectivity index (χ4v) is 3.23. The average Bonchev–Trinajstić information content (AvgIpc) is 2.84. The third-order valence-electron chi connectivity index (χ3n) is 4.13. The van der Waals surface area contributed by atoms with Gasteiger partial charge >= 0.3 is 0 Å². The molecule has 2 rings (SSSR count). The highest BCUT2D eigenvalue weighted by molar-refractivity contribution is 5.23. The summed E-state index contributed by atoms with van der Waals surface area (Å²) in [5, 5.41) is 13.0. The van der Waals surface area contributed by atoms with Crippen LogP contribution in [0.2, 0.25) is 0 Å². The van der Waals surface area contributed by atoms with Crippen molar-refractivity contribution in [3.05, 3.63) is 30.1 Å². The van der Waals surface area contributed by atoms with E-state index in [-0.39, 0.29) is 23.5 Å². The van der Waals surface area contributed by atoms with Gasteiger partial charge in [0.15, 0.2) is 11.6 Å². The monoisotopic (exact) mass is 290 g/mol. The van der Waals surface area contributed by atoms with E-state index in [1.807, 2.05) is 0 Å². The fraction of sp³-hybridized carbons (Fsp3) is 0.588. The quantitative estimate of drug-likeness (QED) is 0.869. The topological polar surface area (TPSA) is 45.0 Å². The van der Waals surface area contributed by atoms with Crippen molar-refractivity contribution in [3.63, 3.8) is 0 Å². The van der Waals surface area contributed by atoms with Crippen molar-refractivity contribution >= 4 is 0 Å². The predicted octanol–water partition coefficient (Wildman–Crippen LogP) is 3.66. The SMILES string of the molecule is CC(C)NC1(C#N)CCCC1CCOc1ccccc1F. The van der Waals surface area contributed by atoms with Crippen molar-refractivity contribution in [1.29, 1.82) is 5.26 Å².